The van der Waals surface area contributed by atoms with E-state index in [4.69, 9.17) is 4.52 Å². The molecule has 3 rings (SSSR count). The van der Waals surface area contributed by atoms with Gasteiger partial charge in [-0.1, -0.05) is 5.16 Å². The molecule has 6 nitrogen and oxygen atoms in total. The molecular formula is C17H25N5O. The predicted octanol–water partition coefficient (Wildman–Crippen LogP) is 1.91. The van der Waals surface area contributed by atoms with Gasteiger partial charge in [-0.25, -0.2) is 0 Å². The van der Waals surface area contributed by atoms with E-state index in [0.29, 0.717) is 11.9 Å². The SMILES string of the molecule is Cc1nc(CN2CCC[C@H](N(C)CCc3ccncc3)C2)no1. The zero-order chi connectivity index (χ0) is 16.1. The van der Waals surface area contributed by atoms with Crippen LogP contribution >= 0.6 is 0 Å². The van der Waals surface area contributed by atoms with Crippen LogP contribution < -0.4 is 0 Å². The number of nitrogens with zero attached hydrogens (tertiary/aromatic N) is 5. The van der Waals surface area contributed by atoms with Crippen LogP contribution in [0.4, 0.5) is 0 Å². The minimum Gasteiger partial charge on any atom is -0.340 e. The lowest BCUT2D eigenvalue weighted by atomic mass is 10.0. The number of rotatable bonds is 6. The molecule has 0 radical (unpaired) electrons. The van der Waals surface area contributed by atoms with Crippen LogP contribution in [0.3, 0.4) is 0 Å². The number of aryl methyl sites for hydroxylation is 1. The molecule has 23 heavy (non-hydrogen) atoms. The smallest absolute Gasteiger partial charge is 0.223 e. The van der Waals surface area contributed by atoms with Gasteiger partial charge in [-0.15, -0.1) is 0 Å². The van der Waals surface area contributed by atoms with Crippen molar-refractivity contribution in [3.05, 3.63) is 41.8 Å². The molecule has 2 aromatic heterocycles. The van der Waals surface area contributed by atoms with Gasteiger partial charge in [0.05, 0.1) is 6.54 Å². The first-order valence-corrected chi connectivity index (χ1v) is 8.31. The van der Waals surface area contributed by atoms with Crippen molar-refractivity contribution < 1.29 is 4.52 Å². The van der Waals surface area contributed by atoms with Gasteiger partial charge in [-0.2, -0.15) is 4.98 Å². The molecule has 6 heteroatoms. The molecule has 1 fully saturated rings. The highest BCUT2D eigenvalue weighted by Gasteiger charge is 2.24. The third kappa shape index (κ3) is 4.59. The monoisotopic (exact) mass is 315 g/mol. The van der Waals surface area contributed by atoms with Crippen molar-refractivity contribution in [3.8, 4) is 0 Å². The van der Waals surface area contributed by atoms with Crippen LogP contribution in [0.5, 0.6) is 0 Å². The van der Waals surface area contributed by atoms with Gasteiger partial charge in [-0.05, 0) is 50.6 Å². The first-order chi connectivity index (χ1) is 11.2. The molecular weight excluding hydrogens is 290 g/mol. The average Bonchev–Trinajstić information content (AvgIpc) is 2.99. The Morgan fingerprint density at radius 1 is 1.35 bits per heavy atom. The quantitative estimate of drug-likeness (QED) is 0.811. The van der Waals surface area contributed by atoms with Gasteiger partial charge in [0, 0.05) is 38.4 Å². The van der Waals surface area contributed by atoms with Crippen molar-refractivity contribution in [1.29, 1.82) is 0 Å². The molecule has 0 N–H and O–H groups in total. The molecule has 0 aliphatic carbocycles. The summed E-state index contributed by atoms with van der Waals surface area (Å²) >= 11 is 0. The highest BCUT2D eigenvalue weighted by molar-refractivity contribution is 5.10. The zero-order valence-corrected chi connectivity index (χ0v) is 14.0. The number of likely N-dealkylation sites (tertiary alicyclic amines) is 1. The van der Waals surface area contributed by atoms with Gasteiger partial charge in [0.1, 0.15) is 0 Å². The van der Waals surface area contributed by atoms with Gasteiger partial charge in [0.25, 0.3) is 0 Å². The molecule has 0 unspecified atom stereocenters. The summed E-state index contributed by atoms with van der Waals surface area (Å²) in [6, 6.07) is 4.79. The van der Waals surface area contributed by atoms with Crippen LogP contribution in [0.1, 0.15) is 30.1 Å². The van der Waals surface area contributed by atoms with Crippen LogP contribution in [0.25, 0.3) is 0 Å². The Morgan fingerprint density at radius 2 is 2.17 bits per heavy atom. The predicted molar refractivity (Wildman–Crippen MR) is 87.9 cm³/mol. The van der Waals surface area contributed by atoms with Gasteiger partial charge < -0.3 is 9.42 Å². The van der Waals surface area contributed by atoms with Crippen LogP contribution in [0, 0.1) is 6.92 Å². The highest BCUT2D eigenvalue weighted by atomic mass is 16.5. The van der Waals surface area contributed by atoms with Crippen molar-refractivity contribution >= 4 is 0 Å². The van der Waals surface area contributed by atoms with Gasteiger partial charge in [-0.3, -0.25) is 9.88 Å². The summed E-state index contributed by atoms with van der Waals surface area (Å²) in [5.74, 6) is 1.44. The third-order valence-electron chi connectivity index (χ3n) is 4.54. The summed E-state index contributed by atoms with van der Waals surface area (Å²) in [4.78, 5) is 13.3. The molecule has 0 saturated carbocycles. The fourth-order valence-electron chi connectivity index (χ4n) is 3.18. The molecule has 1 atom stereocenters. The Balaban J connectivity index is 1.49. The van der Waals surface area contributed by atoms with Crippen LogP contribution in [0.2, 0.25) is 0 Å². The Hall–Kier alpha value is -1.79. The molecule has 0 spiro atoms. The zero-order valence-electron chi connectivity index (χ0n) is 14.0. The van der Waals surface area contributed by atoms with Crippen molar-refractivity contribution in [2.75, 3.05) is 26.7 Å². The van der Waals surface area contributed by atoms with Crippen molar-refractivity contribution in [2.45, 2.75) is 38.8 Å². The Morgan fingerprint density at radius 3 is 2.91 bits per heavy atom. The second-order valence-electron chi connectivity index (χ2n) is 6.35. The fourth-order valence-corrected chi connectivity index (χ4v) is 3.18. The highest BCUT2D eigenvalue weighted by Crippen LogP contribution is 2.17. The molecule has 0 bridgehead atoms. The largest absolute Gasteiger partial charge is 0.340 e. The van der Waals surface area contributed by atoms with E-state index < -0.39 is 0 Å². The maximum Gasteiger partial charge on any atom is 0.223 e. The number of hydrogen-bond acceptors (Lipinski definition) is 6. The van der Waals surface area contributed by atoms with Crippen molar-refractivity contribution in [3.63, 3.8) is 0 Å². The summed E-state index contributed by atoms with van der Waals surface area (Å²) in [5.41, 5.74) is 1.35. The van der Waals surface area contributed by atoms with Gasteiger partial charge >= 0.3 is 0 Å². The van der Waals surface area contributed by atoms with Crippen molar-refractivity contribution in [1.82, 2.24) is 24.9 Å². The molecule has 3 heterocycles. The van der Waals surface area contributed by atoms with E-state index in [9.17, 15) is 0 Å². The lowest BCUT2D eigenvalue weighted by molar-refractivity contribution is 0.110. The molecule has 1 saturated heterocycles. The van der Waals surface area contributed by atoms with Gasteiger partial charge in [0.2, 0.25) is 5.89 Å². The van der Waals surface area contributed by atoms with Crippen LogP contribution in [-0.2, 0) is 13.0 Å². The molecule has 0 aromatic carbocycles. The van der Waals surface area contributed by atoms with Crippen LogP contribution in [-0.4, -0.2) is 57.6 Å². The Kier molecular flexibility index (Phi) is 5.35. The second kappa shape index (κ2) is 7.66. The minimum absolute atomic E-state index is 0.596. The molecule has 2 aromatic rings. The van der Waals surface area contributed by atoms with E-state index in [2.05, 4.69) is 44.1 Å². The number of aromatic nitrogens is 3. The van der Waals surface area contributed by atoms with E-state index in [0.717, 1.165) is 38.4 Å². The molecule has 1 aliphatic heterocycles. The topological polar surface area (TPSA) is 58.3 Å². The first kappa shape index (κ1) is 16.1. The molecule has 0 amide bonds. The number of pyridine rings is 1. The first-order valence-electron chi connectivity index (χ1n) is 8.31. The Bertz CT molecular complexity index is 600. The summed E-state index contributed by atoms with van der Waals surface area (Å²) in [5, 5.41) is 4.01. The number of hydrogen-bond donors (Lipinski definition) is 0. The van der Waals surface area contributed by atoms with Crippen LogP contribution in [0.15, 0.2) is 29.0 Å². The van der Waals surface area contributed by atoms with E-state index in [1.807, 2.05) is 19.3 Å². The summed E-state index contributed by atoms with van der Waals surface area (Å²) in [7, 11) is 2.23. The lowest BCUT2D eigenvalue weighted by Crippen LogP contribution is -2.46. The number of likely N-dealkylation sites (N-methyl/N-ethyl adjacent to an activating group) is 1. The van der Waals surface area contributed by atoms with E-state index >= 15 is 0 Å². The number of piperidine rings is 1. The van der Waals surface area contributed by atoms with E-state index in [1.54, 1.807) is 0 Å². The van der Waals surface area contributed by atoms with E-state index in [1.165, 1.54) is 18.4 Å². The summed E-state index contributed by atoms with van der Waals surface area (Å²) in [6.07, 6.45) is 7.28. The molecule has 124 valence electrons. The lowest BCUT2D eigenvalue weighted by Gasteiger charge is -2.37. The van der Waals surface area contributed by atoms with E-state index in [-0.39, 0.29) is 0 Å². The van der Waals surface area contributed by atoms with Crippen molar-refractivity contribution in [2.24, 2.45) is 0 Å². The third-order valence-corrected chi connectivity index (χ3v) is 4.54. The average molecular weight is 315 g/mol. The normalized spacial score (nSPS) is 19.3. The maximum atomic E-state index is 5.06. The summed E-state index contributed by atoms with van der Waals surface area (Å²) in [6.45, 7) is 5.88. The maximum absolute atomic E-state index is 5.06. The van der Waals surface area contributed by atoms with Gasteiger partial charge in [0.15, 0.2) is 5.82 Å². The standard InChI is InChI=1S/C17H25N5O/c1-14-19-17(20-23-14)13-22-10-3-4-16(12-22)21(2)11-7-15-5-8-18-9-6-15/h5-6,8-9,16H,3-4,7,10-13H2,1-2H3/t16-/m0/s1. The summed E-state index contributed by atoms with van der Waals surface area (Å²) < 4.78 is 5.06. The minimum atomic E-state index is 0.596. The Labute approximate surface area is 137 Å². The fraction of sp³-hybridized carbons (Fsp3) is 0.588. The second-order valence-corrected chi connectivity index (χ2v) is 6.35. The molecule has 1 aliphatic rings.